The van der Waals surface area contributed by atoms with Gasteiger partial charge in [-0.3, -0.25) is 20.2 Å². The average Bonchev–Trinajstić information content (AvgIpc) is 3.06. The summed E-state index contributed by atoms with van der Waals surface area (Å²) in [5, 5.41) is 31.5. The van der Waals surface area contributed by atoms with Crippen molar-refractivity contribution >= 4 is 23.0 Å². The summed E-state index contributed by atoms with van der Waals surface area (Å²) in [4.78, 5) is 21.0. The summed E-state index contributed by atoms with van der Waals surface area (Å²) in [5.74, 6) is 0.575. The van der Waals surface area contributed by atoms with Crippen LogP contribution in [-0.2, 0) is 0 Å². The van der Waals surface area contributed by atoms with E-state index in [-0.39, 0.29) is 40.6 Å². The van der Waals surface area contributed by atoms with E-state index in [0.29, 0.717) is 5.75 Å². The fraction of sp³-hybridized carbons (Fsp3) is 0.0625. The van der Waals surface area contributed by atoms with Crippen LogP contribution in [0.2, 0.25) is 0 Å². The van der Waals surface area contributed by atoms with Gasteiger partial charge < -0.3 is 9.47 Å². The van der Waals surface area contributed by atoms with Crippen LogP contribution < -0.4 is 9.47 Å². The lowest BCUT2D eigenvalue weighted by Gasteiger charge is -2.03. The van der Waals surface area contributed by atoms with Gasteiger partial charge in [0.25, 0.3) is 11.4 Å². The van der Waals surface area contributed by atoms with Gasteiger partial charge in [0.05, 0.1) is 33.1 Å². The fourth-order valence-corrected chi connectivity index (χ4v) is 2.34. The molecule has 0 saturated heterocycles. The zero-order valence-corrected chi connectivity index (χ0v) is 12.5. The summed E-state index contributed by atoms with van der Waals surface area (Å²) >= 11 is 0. The smallest absolute Gasteiger partial charge is 0.280 e. The summed E-state index contributed by atoms with van der Waals surface area (Å²) in [5.41, 5.74) is 0.0212. The van der Waals surface area contributed by atoms with Crippen molar-refractivity contribution in [3.8, 4) is 17.6 Å². The molecule has 2 aromatic rings. The first-order chi connectivity index (χ1) is 12.0. The highest BCUT2D eigenvalue weighted by Gasteiger charge is 2.23. The molecule has 0 bridgehead atoms. The summed E-state index contributed by atoms with van der Waals surface area (Å²) in [6.45, 7) is -0.0460. The van der Waals surface area contributed by atoms with E-state index in [9.17, 15) is 25.5 Å². The van der Waals surface area contributed by atoms with Gasteiger partial charge in [-0.1, -0.05) is 12.1 Å². The molecule has 0 unspecified atom stereocenters. The Morgan fingerprint density at radius 3 is 2.48 bits per heavy atom. The Morgan fingerprint density at radius 2 is 1.84 bits per heavy atom. The molecule has 124 valence electrons. The Morgan fingerprint density at radius 1 is 1.12 bits per heavy atom. The van der Waals surface area contributed by atoms with Crippen molar-refractivity contribution < 1.29 is 19.3 Å². The number of nitro groups is 2. The molecule has 0 atom stereocenters. The number of fused-ring (bicyclic) bond motifs is 1. The molecule has 0 spiro atoms. The molecule has 0 aromatic heterocycles. The number of nitro benzene ring substituents is 2. The van der Waals surface area contributed by atoms with Crippen LogP contribution >= 0.6 is 0 Å². The molecule has 2 aromatic carbocycles. The number of non-ortho nitro benzene ring substituents is 1. The zero-order valence-electron chi connectivity index (χ0n) is 12.5. The minimum atomic E-state index is -0.601. The molecule has 3 rings (SSSR count). The molecule has 1 aliphatic heterocycles. The number of allylic oxidation sites excluding steroid dienone is 1. The van der Waals surface area contributed by atoms with Crippen LogP contribution in [0.25, 0.3) is 11.6 Å². The van der Waals surface area contributed by atoms with E-state index in [2.05, 4.69) is 0 Å². The molecule has 1 aliphatic rings. The van der Waals surface area contributed by atoms with Gasteiger partial charge in [-0.25, -0.2) is 0 Å². The number of hydrogen-bond donors (Lipinski definition) is 0. The van der Waals surface area contributed by atoms with Crippen LogP contribution in [-0.4, -0.2) is 16.6 Å². The zero-order chi connectivity index (χ0) is 18.0. The van der Waals surface area contributed by atoms with E-state index in [1.54, 1.807) is 0 Å². The number of rotatable bonds is 4. The molecule has 0 amide bonds. The van der Waals surface area contributed by atoms with Crippen LogP contribution in [0, 0.1) is 31.6 Å². The third kappa shape index (κ3) is 3.09. The summed E-state index contributed by atoms with van der Waals surface area (Å²) in [6, 6.07) is 10.0. The van der Waals surface area contributed by atoms with Crippen LogP contribution in [0.4, 0.5) is 11.4 Å². The summed E-state index contributed by atoms with van der Waals surface area (Å²) in [7, 11) is 0. The SMILES string of the molecule is N#C/C(=C\c1cc2c(cc1[N+](=O)[O-])OCO2)c1cccc([N+](=O)[O-])c1. The highest BCUT2D eigenvalue weighted by Crippen LogP contribution is 2.39. The Balaban J connectivity index is 2.12. The van der Waals surface area contributed by atoms with Crippen molar-refractivity contribution in [3.63, 3.8) is 0 Å². The molecule has 0 radical (unpaired) electrons. The second-order valence-corrected chi connectivity index (χ2v) is 5.00. The standard InChI is InChI=1S/C16H9N3O6/c17-8-12(10-2-1-3-13(5-10)18(20)21)4-11-6-15-16(25-9-24-15)7-14(11)19(22)23/h1-7H,9H2/b12-4+. The van der Waals surface area contributed by atoms with Crippen molar-refractivity contribution in [1.29, 1.82) is 5.26 Å². The van der Waals surface area contributed by atoms with E-state index < -0.39 is 9.85 Å². The Bertz CT molecular complexity index is 961. The van der Waals surface area contributed by atoms with Crippen molar-refractivity contribution in [2.45, 2.75) is 0 Å². The molecule has 25 heavy (non-hydrogen) atoms. The monoisotopic (exact) mass is 339 g/mol. The molecule has 0 aliphatic carbocycles. The highest BCUT2D eigenvalue weighted by molar-refractivity contribution is 5.92. The van der Waals surface area contributed by atoms with Gasteiger partial charge in [0, 0.05) is 12.1 Å². The molecule has 0 saturated carbocycles. The van der Waals surface area contributed by atoms with Gasteiger partial charge in [-0.15, -0.1) is 0 Å². The molecule has 9 heteroatoms. The number of nitriles is 1. The predicted octanol–water partition coefficient (Wildman–Crippen LogP) is 3.30. The van der Waals surface area contributed by atoms with Crippen LogP contribution in [0.15, 0.2) is 36.4 Å². The van der Waals surface area contributed by atoms with Gasteiger partial charge >= 0.3 is 0 Å². The molecule has 9 nitrogen and oxygen atoms in total. The van der Waals surface area contributed by atoms with Gasteiger partial charge in [0.1, 0.15) is 0 Å². The Hall–Kier alpha value is -3.93. The predicted molar refractivity (Wildman–Crippen MR) is 85.8 cm³/mol. The molecule has 0 N–H and O–H groups in total. The van der Waals surface area contributed by atoms with Crippen LogP contribution in [0.3, 0.4) is 0 Å². The lowest BCUT2D eigenvalue weighted by molar-refractivity contribution is -0.385. The first-order valence-electron chi connectivity index (χ1n) is 6.94. The molecule has 1 heterocycles. The minimum Gasteiger partial charge on any atom is -0.454 e. The molecular weight excluding hydrogens is 330 g/mol. The van der Waals surface area contributed by atoms with Gasteiger partial charge in [0.2, 0.25) is 6.79 Å². The van der Waals surface area contributed by atoms with E-state index in [0.717, 1.165) is 0 Å². The Labute approximate surface area is 140 Å². The first-order valence-corrected chi connectivity index (χ1v) is 6.94. The minimum absolute atomic E-state index is 0.0460. The van der Waals surface area contributed by atoms with Gasteiger partial charge in [-0.05, 0) is 17.7 Å². The molecule has 0 fully saturated rings. The van der Waals surface area contributed by atoms with E-state index >= 15 is 0 Å². The highest BCUT2D eigenvalue weighted by atomic mass is 16.7. The second-order valence-electron chi connectivity index (χ2n) is 5.00. The average molecular weight is 339 g/mol. The lowest BCUT2D eigenvalue weighted by atomic mass is 10.0. The maximum Gasteiger partial charge on any atom is 0.280 e. The normalized spacial score (nSPS) is 12.5. The first kappa shape index (κ1) is 15.9. The number of hydrogen-bond acceptors (Lipinski definition) is 7. The third-order valence-electron chi connectivity index (χ3n) is 3.51. The van der Waals surface area contributed by atoms with E-state index in [4.69, 9.17) is 9.47 Å². The van der Waals surface area contributed by atoms with Crippen molar-refractivity contribution in [2.75, 3.05) is 6.79 Å². The number of nitrogens with zero attached hydrogens (tertiary/aromatic N) is 3. The van der Waals surface area contributed by atoms with Gasteiger partial charge in [0.15, 0.2) is 11.5 Å². The van der Waals surface area contributed by atoms with Crippen LogP contribution in [0.5, 0.6) is 11.5 Å². The van der Waals surface area contributed by atoms with Crippen molar-refractivity contribution in [3.05, 3.63) is 67.8 Å². The second kappa shape index (κ2) is 6.29. The summed E-state index contributed by atoms with van der Waals surface area (Å²) in [6.07, 6.45) is 1.29. The fourth-order valence-electron chi connectivity index (χ4n) is 2.34. The topological polar surface area (TPSA) is 129 Å². The van der Waals surface area contributed by atoms with E-state index in [1.807, 2.05) is 6.07 Å². The quantitative estimate of drug-likeness (QED) is 0.361. The maximum atomic E-state index is 11.3. The van der Waals surface area contributed by atoms with E-state index in [1.165, 1.54) is 42.5 Å². The maximum absolute atomic E-state index is 11.3. The third-order valence-corrected chi connectivity index (χ3v) is 3.51. The van der Waals surface area contributed by atoms with Crippen molar-refractivity contribution in [2.24, 2.45) is 0 Å². The Kier molecular flexibility index (Phi) is 4.01. The number of benzene rings is 2. The van der Waals surface area contributed by atoms with Crippen molar-refractivity contribution in [1.82, 2.24) is 0 Å². The number of ether oxygens (including phenoxy) is 2. The molecular formula is C16H9N3O6. The lowest BCUT2D eigenvalue weighted by Crippen LogP contribution is -1.93. The van der Waals surface area contributed by atoms with Crippen LogP contribution in [0.1, 0.15) is 11.1 Å². The van der Waals surface area contributed by atoms with Gasteiger partial charge in [-0.2, -0.15) is 5.26 Å². The summed E-state index contributed by atoms with van der Waals surface area (Å²) < 4.78 is 10.3. The largest absolute Gasteiger partial charge is 0.454 e.